The summed E-state index contributed by atoms with van der Waals surface area (Å²) in [4.78, 5) is 12.6. The first kappa shape index (κ1) is 20.4. The smallest absolute Gasteiger partial charge is 0.238 e. The third-order valence-corrected chi connectivity index (χ3v) is 6.02. The fourth-order valence-corrected chi connectivity index (χ4v) is 4.02. The maximum absolute atomic E-state index is 14.3. The van der Waals surface area contributed by atoms with Crippen LogP contribution in [0.4, 0.5) is 4.39 Å². The quantitative estimate of drug-likeness (QED) is 0.584. The molecule has 0 saturated carbocycles. The summed E-state index contributed by atoms with van der Waals surface area (Å²) in [7, 11) is -2.22. The van der Waals surface area contributed by atoms with E-state index in [-0.39, 0.29) is 17.1 Å². The highest BCUT2D eigenvalue weighted by Gasteiger charge is 2.18. The van der Waals surface area contributed by atoms with Gasteiger partial charge in [0.15, 0.2) is 0 Å². The third-order valence-electron chi connectivity index (χ3n) is 4.62. The molecule has 0 amide bonds. The Labute approximate surface area is 171 Å². The molecule has 28 heavy (non-hydrogen) atoms. The number of sulfonamides is 1. The predicted molar refractivity (Wildman–Crippen MR) is 108 cm³/mol. The Morgan fingerprint density at radius 1 is 1.14 bits per heavy atom. The molecule has 1 heterocycles. The number of carbonyl (C=O) groups excluding carboxylic acids is 1. The number of carbonyl (C=O) groups is 1. The van der Waals surface area contributed by atoms with Gasteiger partial charge in [-0.05, 0) is 60.5 Å². The van der Waals surface area contributed by atoms with Crippen molar-refractivity contribution in [3.8, 4) is 0 Å². The number of halogens is 2. The number of aromatic nitrogens is 1. The van der Waals surface area contributed by atoms with Crippen LogP contribution in [0.1, 0.15) is 32.9 Å². The van der Waals surface area contributed by atoms with Crippen molar-refractivity contribution in [2.45, 2.75) is 18.2 Å². The van der Waals surface area contributed by atoms with Gasteiger partial charge in [0.1, 0.15) is 5.82 Å². The average molecular weight is 465 g/mol. The third kappa shape index (κ3) is 4.09. The van der Waals surface area contributed by atoms with Gasteiger partial charge >= 0.3 is 0 Å². The van der Waals surface area contributed by atoms with Crippen molar-refractivity contribution >= 4 is 31.7 Å². The molecule has 8 heteroatoms. The highest BCUT2D eigenvalue weighted by Crippen LogP contribution is 2.22. The van der Waals surface area contributed by atoms with Crippen molar-refractivity contribution in [2.75, 3.05) is 0 Å². The van der Waals surface area contributed by atoms with E-state index in [4.69, 9.17) is 5.14 Å². The number of rotatable bonds is 5. The second-order valence-electron chi connectivity index (χ2n) is 6.53. The van der Waals surface area contributed by atoms with Gasteiger partial charge in [-0.3, -0.25) is 4.79 Å². The first-order valence-electron chi connectivity index (χ1n) is 8.34. The molecule has 1 aromatic heterocycles. The Morgan fingerprint density at radius 2 is 1.86 bits per heavy atom. The summed E-state index contributed by atoms with van der Waals surface area (Å²) < 4.78 is 39.6. The molecule has 0 unspecified atom stereocenters. The Kier molecular flexibility index (Phi) is 5.56. The highest BCUT2D eigenvalue weighted by atomic mass is 79.9. The van der Waals surface area contributed by atoms with Gasteiger partial charge in [0, 0.05) is 29.2 Å². The maximum Gasteiger partial charge on any atom is 0.238 e. The first-order valence-corrected chi connectivity index (χ1v) is 10.7. The van der Waals surface area contributed by atoms with E-state index in [1.54, 1.807) is 29.8 Å². The molecule has 0 bridgehead atoms. The molecular formula is C20H18BrFN2O3S. The number of hydrogen-bond donors (Lipinski definition) is 1. The predicted octanol–water partition coefficient (Wildman–Crippen LogP) is 3.70. The highest BCUT2D eigenvalue weighted by molar-refractivity contribution is 9.10. The van der Waals surface area contributed by atoms with Crippen LogP contribution in [-0.4, -0.2) is 18.8 Å². The second kappa shape index (κ2) is 7.62. The fraction of sp³-hybridized carbons (Fsp3) is 0.150. The van der Waals surface area contributed by atoms with E-state index in [1.165, 1.54) is 12.1 Å². The van der Waals surface area contributed by atoms with Crippen molar-refractivity contribution in [3.05, 3.63) is 86.9 Å². The minimum Gasteiger partial charge on any atom is -0.345 e. The summed E-state index contributed by atoms with van der Waals surface area (Å²) in [6, 6.07) is 12.5. The molecule has 0 atom stereocenters. The van der Waals surface area contributed by atoms with Gasteiger partial charge in [0.2, 0.25) is 15.8 Å². The van der Waals surface area contributed by atoms with Crippen molar-refractivity contribution in [3.63, 3.8) is 0 Å². The number of benzene rings is 2. The Balaban J connectivity index is 1.91. The lowest BCUT2D eigenvalue weighted by Crippen LogP contribution is -2.13. The van der Waals surface area contributed by atoms with E-state index in [0.717, 1.165) is 21.8 Å². The first-order chi connectivity index (χ1) is 13.1. The monoisotopic (exact) mass is 464 g/mol. The molecule has 0 aliphatic rings. The lowest BCUT2D eigenvalue weighted by atomic mass is 10.0. The number of aryl methyl sites for hydroxylation is 1. The van der Waals surface area contributed by atoms with Crippen LogP contribution in [-0.2, 0) is 23.5 Å². The van der Waals surface area contributed by atoms with Gasteiger partial charge in [-0.25, -0.2) is 17.9 Å². The minimum absolute atomic E-state index is 0.121. The van der Waals surface area contributed by atoms with E-state index in [0.29, 0.717) is 16.8 Å². The van der Waals surface area contributed by atoms with E-state index in [2.05, 4.69) is 15.9 Å². The molecule has 2 N–H and O–H groups in total. The Hall–Kier alpha value is -2.29. The lowest BCUT2D eigenvalue weighted by molar-refractivity contribution is 0.103. The summed E-state index contributed by atoms with van der Waals surface area (Å²) in [5.41, 5.74) is 2.97. The van der Waals surface area contributed by atoms with Crippen LogP contribution in [0.2, 0.25) is 0 Å². The SMILES string of the molecule is Cc1cc(Br)ccc1C(=O)c1ccc(Cc2ccc(S(N)(=O)=O)cc2F)n1C. The molecule has 0 spiro atoms. The molecule has 146 valence electrons. The number of hydrogen-bond acceptors (Lipinski definition) is 3. The van der Waals surface area contributed by atoms with Gasteiger partial charge in [0.25, 0.3) is 0 Å². The van der Waals surface area contributed by atoms with Crippen LogP contribution >= 0.6 is 15.9 Å². The van der Waals surface area contributed by atoms with Crippen LogP contribution in [0.25, 0.3) is 0 Å². The summed E-state index contributed by atoms with van der Waals surface area (Å²) >= 11 is 3.38. The van der Waals surface area contributed by atoms with E-state index in [9.17, 15) is 17.6 Å². The van der Waals surface area contributed by atoms with E-state index in [1.807, 2.05) is 19.1 Å². The number of ketones is 1. The summed E-state index contributed by atoms with van der Waals surface area (Å²) in [5.74, 6) is -0.784. The number of nitrogens with zero attached hydrogens (tertiary/aromatic N) is 1. The normalized spacial score (nSPS) is 11.6. The van der Waals surface area contributed by atoms with Crippen LogP contribution in [0, 0.1) is 12.7 Å². The molecule has 2 aromatic carbocycles. The van der Waals surface area contributed by atoms with Crippen LogP contribution in [0.15, 0.2) is 57.9 Å². The Bertz CT molecular complexity index is 1190. The van der Waals surface area contributed by atoms with Crippen molar-refractivity contribution in [1.82, 2.24) is 4.57 Å². The van der Waals surface area contributed by atoms with Gasteiger partial charge in [-0.15, -0.1) is 0 Å². The summed E-state index contributed by atoms with van der Waals surface area (Å²) in [6.45, 7) is 1.87. The molecular weight excluding hydrogens is 447 g/mol. The van der Waals surface area contributed by atoms with Crippen LogP contribution < -0.4 is 5.14 Å². The standard InChI is InChI=1S/C20H18BrFN2O3S/c1-12-9-14(21)4-7-17(12)20(25)19-8-5-15(24(19)2)10-13-3-6-16(11-18(13)22)28(23,26)27/h3-9,11H,10H2,1-2H3,(H2,23,26,27). The zero-order chi connectivity index (χ0) is 20.6. The molecule has 0 radical (unpaired) electrons. The van der Waals surface area contributed by atoms with Crippen molar-refractivity contribution in [2.24, 2.45) is 12.2 Å². The topological polar surface area (TPSA) is 82.2 Å². The van der Waals surface area contributed by atoms with Gasteiger partial charge in [0.05, 0.1) is 10.6 Å². The average Bonchev–Trinajstić information content (AvgIpc) is 2.96. The maximum atomic E-state index is 14.3. The van der Waals surface area contributed by atoms with Crippen molar-refractivity contribution in [1.29, 1.82) is 0 Å². The van der Waals surface area contributed by atoms with Crippen LogP contribution in [0.3, 0.4) is 0 Å². The molecule has 0 aliphatic carbocycles. The van der Waals surface area contributed by atoms with E-state index < -0.39 is 15.8 Å². The van der Waals surface area contributed by atoms with Gasteiger partial charge < -0.3 is 4.57 Å². The zero-order valence-electron chi connectivity index (χ0n) is 15.2. The molecule has 5 nitrogen and oxygen atoms in total. The zero-order valence-corrected chi connectivity index (χ0v) is 17.6. The molecule has 3 rings (SSSR count). The number of nitrogens with two attached hydrogens (primary N) is 1. The molecule has 0 saturated heterocycles. The fourth-order valence-electron chi connectivity index (χ4n) is 3.02. The molecule has 3 aromatic rings. The summed E-state index contributed by atoms with van der Waals surface area (Å²) in [5, 5.41) is 5.03. The van der Waals surface area contributed by atoms with Gasteiger partial charge in [-0.1, -0.05) is 22.0 Å². The second-order valence-corrected chi connectivity index (χ2v) is 9.01. The van der Waals surface area contributed by atoms with Crippen molar-refractivity contribution < 1.29 is 17.6 Å². The Morgan fingerprint density at radius 3 is 2.46 bits per heavy atom. The molecule has 0 fully saturated rings. The van der Waals surface area contributed by atoms with Crippen LogP contribution in [0.5, 0.6) is 0 Å². The summed E-state index contributed by atoms with van der Waals surface area (Å²) in [6.07, 6.45) is 0.208. The molecule has 0 aliphatic heterocycles. The lowest BCUT2D eigenvalue weighted by Gasteiger charge is -2.10. The minimum atomic E-state index is -3.96. The van der Waals surface area contributed by atoms with E-state index >= 15 is 0 Å². The van der Waals surface area contributed by atoms with Gasteiger partial charge in [-0.2, -0.15) is 0 Å². The largest absolute Gasteiger partial charge is 0.345 e. The number of primary sulfonamides is 1.